The Bertz CT molecular complexity index is 576. The maximum Gasteiger partial charge on any atom is 0.271 e. The van der Waals surface area contributed by atoms with Gasteiger partial charge in [-0.15, -0.1) is 0 Å². The Labute approximate surface area is 106 Å². The van der Waals surface area contributed by atoms with E-state index >= 15 is 0 Å². The van der Waals surface area contributed by atoms with Crippen LogP contribution in [0.15, 0.2) is 18.2 Å². The molecular weight excluding hydrogens is 256 g/mol. The lowest BCUT2D eigenvalue weighted by atomic mass is 9.84. The standard InChI is InChI=1S/C12H16O5S/c1-7(18(14,15)16)8-4-5-10-9(6-8)12(2,3)11(13)17-10/h4-7,11,13H,1-3H3,(H,14,15,16). The van der Waals surface area contributed by atoms with Gasteiger partial charge in [0.1, 0.15) is 11.0 Å². The van der Waals surface area contributed by atoms with Crippen molar-refractivity contribution in [1.29, 1.82) is 0 Å². The van der Waals surface area contributed by atoms with E-state index in [0.717, 1.165) is 5.56 Å². The van der Waals surface area contributed by atoms with Gasteiger partial charge in [0.2, 0.25) is 6.29 Å². The third-order valence-electron chi connectivity index (χ3n) is 3.47. The van der Waals surface area contributed by atoms with E-state index in [9.17, 15) is 13.5 Å². The van der Waals surface area contributed by atoms with Crippen molar-refractivity contribution in [3.8, 4) is 5.75 Å². The van der Waals surface area contributed by atoms with E-state index in [1.807, 2.05) is 13.8 Å². The van der Waals surface area contributed by atoms with Gasteiger partial charge in [0.15, 0.2) is 0 Å². The predicted octanol–water partition coefficient (Wildman–Crippen LogP) is 1.62. The Morgan fingerprint density at radius 1 is 1.39 bits per heavy atom. The smallest absolute Gasteiger partial charge is 0.271 e. The highest BCUT2D eigenvalue weighted by Crippen LogP contribution is 2.43. The van der Waals surface area contributed by atoms with Gasteiger partial charge >= 0.3 is 0 Å². The lowest BCUT2D eigenvalue weighted by molar-refractivity contribution is -0.0450. The first kappa shape index (κ1) is 13.3. The van der Waals surface area contributed by atoms with Gasteiger partial charge in [-0.1, -0.05) is 6.07 Å². The molecule has 1 aromatic carbocycles. The van der Waals surface area contributed by atoms with Crippen LogP contribution >= 0.6 is 0 Å². The van der Waals surface area contributed by atoms with Crippen LogP contribution in [0.1, 0.15) is 37.1 Å². The molecule has 2 rings (SSSR count). The zero-order valence-electron chi connectivity index (χ0n) is 10.4. The summed E-state index contributed by atoms with van der Waals surface area (Å²) in [5.41, 5.74) is 0.606. The van der Waals surface area contributed by atoms with Crippen LogP contribution in [0.5, 0.6) is 5.75 Å². The molecule has 5 nitrogen and oxygen atoms in total. The maximum absolute atomic E-state index is 11.1. The summed E-state index contributed by atoms with van der Waals surface area (Å²) in [6.45, 7) is 5.03. The van der Waals surface area contributed by atoms with Gasteiger partial charge in [-0.2, -0.15) is 8.42 Å². The highest BCUT2D eigenvalue weighted by atomic mass is 32.2. The Morgan fingerprint density at radius 3 is 2.56 bits per heavy atom. The fraction of sp³-hybridized carbons (Fsp3) is 0.500. The second kappa shape index (κ2) is 3.94. The van der Waals surface area contributed by atoms with Gasteiger partial charge in [0.25, 0.3) is 10.1 Å². The summed E-state index contributed by atoms with van der Waals surface area (Å²) >= 11 is 0. The molecule has 0 saturated carbocycles. The van der Waals surface area contributed by atoms with E-state index < -0.39 is 27.1 Å². The molecule has 2 unspecified atom stereocenters. The van der Waals surface area contributed by atoms with Crippen LogP contribution < -0.4 is 4.74 Å². The van der Waals surface area contributed by atoms with Crippen molar-refractivity contribution in [2.24, 2.45) is 0 Å². The number of ether oxygens (including phenoxy) is 1. The molecule has 0 aromatic heterocycles. The first-order chi connectivity index (χ1) is 8.14. The van der Waals surface area contributed by atoms with Crippen LogP contribution in [0.2, 0.25) is 0 Å². The highest BCUT2D eigenvalue weighted by molar-refractivity contribution is 7.86. The van der Waals surface area contributed by atoms with E-state index in [4.69, 9.17) is 9.29 Å². The topological polar surface area (TPSA) is 83.8 Å². The van der Waals surface area contributed by atoms with Gasteiger partial charge in [-0.05, 0) is 38.5 Å². The second-order valence-corrected chi connectivity index (χ2v) is 6.84. The van der Waals surface area contributed by atoms with Gasteiger partial charge in [-0.25, -0.2) is 0 Å². The molecule has 0 saturated heterocycles. The molecule has 1 aliphatic heterocycles. The average Bonchev–Trinajstić information content (AvgIpc) is 2.48. The van der Waals surface area contributed by atoms with Gasteiger partial charge in [0.05, 0.1) is 5.41 Å². The van der Waals surface area contributed by atoms with Crippen LogP contribution in [-0.4, -0.2) is 24.4 Å². The third-order valence-corrected chi connectivity index (χ3v) is 4.64. The lowest BCUT2D eigenvalue weighted by Crippen LogP contribution is -2.31. The van der Waals surface area contributed by atoms with E-state index in [1.165, 1.54) is 6.92 Å². The summed E-state index contributed by atoms with van der Waals surface area (Å²) in [6.07, 6.45) is -0.955. The Kier molecular flexibility index (Phi) is 2.92. The van der Waals surface area contributed by atoms with Crippen molar-refractivity contribution in [3.05, 3.63) is 29.3 Å². The molecule has 0 fully saturated rings. The minimum absolute atomic E-state index is 0.474. The van der Waals surface area contributed by atoms with Crippen LogP contribution in [-0.2, 0) is 15.5 Å². The molecule has 1 aliphatic rings. The van der Waals surface area contributed by atoms with Crippen LogP contribution in [0.3, 0.4) is 0 Å². The zero-order valence-corrected chi connectivity index (χ0v) is 11.2. The molecule has 2 N–H and O–H groups in total. The van der Waals surface area contributed by atoms with Gasteiger partial charge in [-0.3, -0.25) is 4.55 Å². The van der Waals surface area contributed by atoms with Crippen molar-refractivity contribution < 1.29 is 22.8 Å². The molecule has 1 aromatic rings. The first-order valence-corrected chi connectivity index (χ1v) is 7.10. The fourth-order valence-corrected chi connectivity index (χ4v) is 2.47. The Balaban J connectivity index is 2.50. The number of fused-ring (bicyclic) bond motifs is 1. The number of rotatable bonds is 2. The molecule has 0 radical (unpaired) electrons. The van der Waals surface area contributed by atoms with E-state index in [1.54, 1.807) is 18.2 Å². The molecular formula is C12H16O5S. The third kappa shape index (κ3) is 2.00. The number of hydrogen-bond donors (Lipinski definition) is 2. The van der Waals surface area contributed by atoms with Crippen molar-refractivity contribution >= 4 is 10.1 Å². The lowest BCUT2D eigenvalue weighted by Gasteiger charge is -2.21. The van der Waals surface area contributed by atoms with Crippen LogP contribution in [0, 0.1) is 0 Å². The SMILES string of the molecule is CC(c1ccc2c(c1)C(C)(C)C(O)O2)S(=O)(=O)O. The van der Waals surface area contributed by atoms with Gasteiger partial charge in [0, 0.05) is 5.56 Å². The normalized spacial score (nSPS) is 23.3. The number of aliphatic hydroxyl groups excluding tert-OH is 1. The largest absolute Gasteiger partial charge is 0.464 e. The number of hydrogen-bond acceptors (Lipinski definition) is 4. The minimum atomic E-state index is -4.13. The fourth-order valence-electron chi connectivity index (χ4n) is 1.98. The number of benzene rings is 1. The van der Waals surface area contributed by atoms with Crippen molar-refractivity contribution in [1.82, 2.24) is 0 Å². The highest BCUT2D eigenvalue weighted by Gasteiger charge is 2.41. The minimum Gasteiger partial charge on any atom is -0.464 e. The van der Waals surface area contributed by atoms with Crippen LogP contribution in [0.25, 0.3) is 0 Å². The molecule has 100 valence electrons. The summed E-state index contributed by atoms with van der Waals surface area (Å²) in [4.78, 5) is 0. The van der Waals surface area contributed by atoms with Gasteiger partial charge < -0.3 is 9.84 Å². The van der Waals surface area contributed by atoms with Crippen LogP contribution in [0.4, 0.5) is 0 Å². The summed E-state index contributed by atoms with van der Waals surface area (Å²) in [5.74, 6) is 0.541. The van der Waals surface area contributed by atoms with Crippen molar-refractivity contribution in [2.45, 2.75) is 37.7 Å². The van der Waals surface area contributed by atoms with E-state index in [2.05, 4.69) is 0 Å². The van der Waals surface area contributed by atoms with Crippen molar-refractivity contribution in [2.75, 3.05) is 0 Å². The summed E-state index contributed by atoms with van der Waals surface area (Å²) in [5, 5.41) is 8.77. The van der Waals surface area contributed by atoms with Crippen molar-refractivity contribution in [3.63, 3.8) is 0 Å². The quantitative estimate of drug-likeness (QED) is 0.799. The maximum atomic E-state index is 11.1. The molecule has 0 spiro atoms. The molecule has 18 heavy (non-hydrogen) atoms. The Morgan fingerprint density at radius 2 is 2.00 bits per heavy atom. The van der Waals surface area contributed by atoms with E-state index in [0.29, 0.717) is 11.3 Å². The summed E-state index contributed by atoms with van der Waals surface area (Å²) in [7, 11) is -4.13. The monoisotopic (exact) mass is 272 g/mol. The molecule has 1 heterocycles. The van der Waals surface area contributed by atoms with E-state index in [-0.39, 0.29) is 0 Å². The summed E-state index contributed by atoms with van der Waals surface area (Å²) < 4.78 is 36.6. The average molecular weight is 272 g/mol. The Hall–Kier alpha value is -1.11. The first-order valence-electron chi connectivity index (χ1n) is 5.59. The molecule has 0 amide bonds. The molecule has 2 atom stereocenters. The molecule has 6 heteroatoms. The second-order valence-electron chi connectivity index (χ2n) is 5.10. The predicted molar refractivity (Wildman–Crippen MR) is 66.1 cm³/mol. The number of aliphatic hydroxyl groups is 1. The zero-order chi connectivity index (χ0) is 13.7. The molecule has 0 aliphatic carbocycles. The molecule has 0 bridgehead atoms. The summed E-state index contributed by atoms with van der Waals surface area (Å²) in [6, 6.07) is 4.85.